The van der Waals surface area contributed by atoms with Gasteiger partial charge >= 0.3 is 5.97 Å². The lowest BCUT2D eigenvalue weighted by Gasteiger charge is -2.10. The van der Waals surface area contributed by atoms with Crippen LogP contribution in [-0.2, 0) is 9.53 Å². The first-order valence-corrected chi connectivity index (χ1v) is 5.84. The molecule has 0 bridgehead atoms. The molecule has 1 aromatic carbocycles. The van der Waals surface area contributed by atoms with Gasteiger partial charge in [-0.3, -0.25) is 4.79 Å². The summed E-state index contributed by atoms with van der Waals surface area (Å²) in [4.78, 5) is 22.6. The average Bonchev–Trinajstić information content (AvgIpc) is 2.36. The molecule has 0 amide bonds. The maximum absolute atomic E-state index is 11.7. The lowest BCUT2D eigenvalue weighted by molar-refractivity contribution is -0.116. The summed E-state index contributed by atoms with van der Waals surface area (Å²) < 4.78 is 4.97. The molecular formula is C13H18N2O3. The number of hydrogen-bond acceptors (Lipinski definition) is 5. The van der Waals surface area contributed by atoms with E-state index in [4.69, 9.17) is 10.5 Å². The van der Waals surface area contributed by atoms with Crippen molar-refractivity contribution in [2.45, 2.75) is 13.3 Å². The third-order valence-corrected chi connectivity index (χ3v) is 2.29. The molecule has 0 fully saturated rings. The minimum absolute atomic E-state index is 0.102. The molecule has 1 rings (SSSR count). The highest BCUT2D eigenvalue weighted by Crippen LogP contribution is 2.16. The highest BCUT2D eigenvalue weighted by Gasteiger charge is 2.11. The summed E-state index contributed by atoms with van der Waals surface area (Å²) in [6.07, 6.45) is 0.423. The van der Waals surface area contributed by atoms with E-state index in [2.05, 4.69) is 5.32 Å². The Bertz CT molecular complexity index is 418. The number of ether oxygens (including phenoxy) is 1. The number of nitrogens with one attached hydrogen (secondary N) is 1. The number of para-hydroxylation sites is 1. The average molecular weight is 250 g/mol. The molecule has 0 spiro atoms. The monoisotopic (exact) mass is 250 g/mol. The van der Waals surface area contributed by atoms with Gasteiger partial charge in [0, 0.05) is 25.2 Å². The van der Waals surface area contributed by atoms with Crippen LogP contribution in [0, 0.1) is 0 Å². The van der Waals surface area contributed by atoms with Crippen LogP contribution in [0.3, 0.4) is 0 Å². The molecular weight excluding hydrogens is 232 g/mol. The Morgan fingerprint density at radius 2 is 2.06 bits per heavy atom. The second-order valence-electron chi connectivity index (χ2n) is 3.85. The van der Waals surface area contributed by atoms with E-state index in [0.29, 0.717) is 30.8 Å². The first-order chi connectivity index (χ1) is 8.65. The van der Waals surface area contributed by atoms with E-state index in [9.17, 15) is 9.59 Å². The number of esters is 1. The van der Waals surface area contributed by atoms with Crippen LogP contribution in [0.1, 0.15) is 23.7 Å². The summed E-state index contributed by atoms with van der Waals surface area (Å²) in [6.45, 7) is 2.52. The summed E-state index contributed by atoms with van der Waals surface area (Å²) >= 11 is 0. The molecule has 98 valence electrons. The predicted molar refractivity (Wildman–Crippen MR) is 69.6 cm³/mol. The largest absolute Gasteiger partial charge is 0.461 e. The van der Waals surface area contributed by atoms with E-state index >= 15 is 0 Å². The minimum atomic E-state index is -0.411. The van der Waals surface area contributed by atoms with Gasteiger partial charge in [-0.1, -0.05) is 12.1 Å². The van der Waals surface area contributed by atoms with Crippen LogP contribution in [-0.4, -0.2) is 31.4 Å². The SMILES string of the molecule is CC(=O)CCNc1ccccc1C(=O)OCCN. The van der Waals surface area contributed by atoms with Gasteiger partial charge in [-0.15, -0.1) is 0 Å². The molecule has 0 atom stereocenters. The molecule has 0 saturated heterocycles. The smallest absolute Gasteiger partial charge is 0.340 e. The number of benzene rings is 1. The molecule has 0 aliphatic heterocycles. The zero-order chi connectivity index (χ0) is 13.4. The Balaban J connectivity index is 2.66. The summed E-state index contributed by atoms with van der Waals surface area (Å²) in [5, 5.41) is 3.05. The van der Waals surface area contributed by atoms with Gasteiger partial charge in [0.25, 0.3) is 0 Å². The van der Waals surface area contributed by atoms with Crippen molar-refractivity contribution in [3.63, 3.8) is 0 Å². The van der Waals surface area contributed by atoms with E-state index in [1.165, 1.54) is 6.92 Å². The van der Waals surface area contributed by atoms with Crippen LogP contribution >= 0.6 is 0 Å². The summed E-state index contributed by atoms with van der Waals surface area (Å²) in [5.41, 5.74) is 6.40. The molecule has 0 heterocycles. The van der Waals surface area contributed by atoms with Gasteiger partial charge in [-0.25, -0.2) is 4.79 Å². The Hall–Kier alpha value is -1.88. The molecule has 1 aromatic rings. The molecule has 0 radical (unpaired) electrons. The van der Waals surface area contributed by atoms with Crippen LogP contribution in [0.2, 0.25) is 0 Å². The van der Waals surface area contributed by atoms with Crippen molar-refractivity contribution in [3.8, 4) is 0 Å². The molecule has 5 heteroatoms. The van der Waals surface area contributed by atoms with Crippen molar-refractivity contribution >= 4 is 17.4 Å². The Morgan fingerprint density at radius 1 is 1.33 bits per heavy atom. The van der Waals surface area contributed by atoms with Gasteiger partial charge in [0.15, 0.2) is 0 Å². The minimum Gasteiger partial charge on any atom is -0.461 e. The Morgan fingerprint density at radius 3 is 2.72 bits per heavy atom. The molecule has 0 aromatic heterocycles. The first kappa shape index (κ1) is 14.2. The number of carbonyl (C=O) groups is 2. The highest BCUT2D eigenvalue weighted by atomic mass is 16.5. The van der Waals surface area contributed by atoms with E-state index in [-0.39, 0.29) is 12.4 Å². The van der Waals surface area contributed by atoms with E-state index in [1.807, 2.05) is 6.07 Å². The van der Waals surface area contributed by atoms with E-state index < -0.39 is 5.97 Å². The van der Waals surface area contributed by atoms with Crippen LogP contribution < -0.4 is 11.1 Å². The highest BCUT2D eigenvalue weighted by molar-refractivity contribution is 5.95. The maximum atomic E-state index is 11.7. The quantitative estimate of drug-likeness (QED) is 0.710. The fraction of sp³-hybridized carbons (Fsp3) is 0.385. The normalized spacial score (nSPS) is 9.89. The van der Waals surface area contributed by atoms with Gasteiger partial charge in [0.05, 0.1) is 5.56 Å². The Labute approximate surface area is 106 Å². The van der Waals surface area contributed by atoms with Crippen molar-refractivity contribution < 1.29 is 14.3 Å². The van der Waals surface area contributed by atoms with Gasteiger partial charge < -0.3 is 15.8 Å². The number of carbonyl (C=O) groups excluding carboxylic acids is 2. The third-order valence-electron chi connectivity index (χ3n) is 2.29. The van der Waals surface area contributed by atoms with Crippen molar-refractivity contribution in [2.75, 3.05) is 25.0 Å². The molecule has 0 saturated carbocycles. The fourth-order valence-electron chi connectivity index (χ4n) is 1.42. The topological polar surface area (TPSA) is 81.4 Å². The van der Waals surface area contributed by atoms with Crippen LogP contribution in [0.4, 0.5) is 5.69 Å². The van der Waals surface area contributed by atoms with Crippen LogP contribution in [0.5, 0.6) is 0 Å². The lowest BCUT2D eigenvalue weighted by atomic mass is 10.1. The van der Waals surface area contributed by atoms with Gasteiger partial charge in [-0.2, -0.15) is 0 Å². The Kier molecular flexibility index (Phi) is 5.87. The van der Waals surface area contributed by atoms with Crippen LogP contribution in [0.15, 0.2) is 24.3 Å². The summed E-state index contributed by atoms with van der Waals surface area (Å²) in [5.74, 6) is -0.308. The second-order valence-corrected chi connectivity index (χ2v) is 3.85. The zero-order valence-corrected chi connectivity index (χ0v) is 10.4. The zero-order valence-electron chi connectivity index (χ0n) is 10.4. The molecule has 0 unspecified atom stereocenters. The third kappa shape index (κ3) is 4.55. The molecule has 3 N–H and O–H groups in total. The number of anilines is 1. The van der Waals surface area contributed by atoms with Crippen molar-refractivity contribution in [1.82, 2.24) is 0 Å². The number of nitrogens with two attached hydrogens (primary N) is 1. The van der Waals surface area contributed by atoms with E-state index in [0.717, 1.165) is 0 Å². The summed E-state index contributed by atoms with van der Waals surface area (Å²) in [6, 6.07) is 7.03. The van der Waals surface area contributed by atoms with Crippen LogP contribution in [0.25, 0.3) is 0 Å². The van der Waals surface area contributed by atoms with Crippen molar-refractivity contribution in [3.05, 3.63) is 29.8 Å². The molecule has 0 aliphatic carbocycles. The number of hydrogen-bond donors (Lipinski definition) is 2. The van der Waals surface area contributed by atoms with Gasteiger partial charge in [-0.05, 0) is 19.1 Å². The van der Waals surface area contributed by atoms with E-state index in [1.54, 1.807) is 18.2 Å². The lowest BCUT2D eigenvalue weighted by Crippen LogP contribution is -2.16. The molecule has 0 aliphatic rings. The fourth-order valence-corrected chi connectivity index (χ4v) is 1.42. The number of Topliss-reactive ketones (excluding diaryl/α,β-unsaturated/α-hetero) is 1. The van der Waals surface area contributed by atoms with Crippen molar-refractivity contribution in [1.29, 1.82) is 0 Å². The molecule has 5 nitrogen and oxygen atoms in total. The second kappa shape index (κ2) is 7.45. The molecule has 18 heavy (non-hydrogen) atoms. The number of rotatable bonds is 7. The van der Waals surface area contributed by atoms with Gasteiger partial charge in [0.2, 0.25) is 0 Å². The van der Waals surface area contributed by atoms with Gasteiger partial charge in [0.1, 0.15) is 12.4 Å². The maximum Gasteiger partial charge on any atom is 0.340 e. The number of ketones is 1. The standard InChI is InChI=1S/C13H18N2O3/c1-10(16)6-8-15-12-5-3-2-4-11(12)13(17)18-9-7-14/h2-5,15H,6-9,14H2,1H3. The predicted octanol–water partition coefficient (Wildman–Crippen LogP) is 1.19. The first-order valence-electron chi connectivity index (χ1n) is 5.84. The van der Waals surface area contributed by atoms with Crippen molar-refractivity contribution in [2.24, 2.45) is 5.73 Å². The summed E-state index contributed by atoms with van der Waals surface area (Å²) in [7, 11) is 0.